The van der Waals surface area contributed by atoms with E-state index in [1.54, 1.807) is 22.8 Å². The van der Waals surface area contributed by atoms with E-state index >= 15 is 0 Å². The zero-order chi connectivity index (χ0) is 16.4. The molecule has 0 bridgehead atoms. The molecule has 0 amide bonds. The number of aryl methyl sites for hydroxylation is 1. The van der Waals surface area contributed by atoms with Crippen molar-refractivity contribution in [3.05, 3.63) is 51.6 Å². The van der Waals surface area contributed by atoms with Gasteiger partial charge in [0.1, 0.15) is 12.4 Å². The van der Waals surface area contributed by atoms with Gasteiger partial charge < -0.3 is 4.74 Å². The van der Waals surface area contributed by atoms with Crippen molar-refractivity contribution >= 4 is 28.5 Å². The van der Waals surface area contributed by atoms with Gasteiger partial charge in [-0.25, -0.2) is 9.78 Å². The van der Waals surface area contributed by atoms with Crippen LogP contribution in [-0.4, -0.2) is 22.1 Å². The minimum Gasteiger partial charge on any atom is -0.456 e. The quantitative estimate of drug-likeness (QED) is 0.810. The highest BCUT2D eigenvalue weighted by Crippen LogP contribution is 2.17. The van der Waals surface area contributed by atoms with E-state index in [-0.39, 0.29) is 17.2 Å². The van der Waals surface area contributed by atoms with Gasteiger partial charge in [-0.2, -0.15) is 0 Å². The maximum Gasteiger partial charge on any atom is 0.338 e. The molecular weight excluding hydrogens is 316 g/mol. The summed E-state index contributed by atoms with van der Waals surface area (Å²) in [4.78, 5) is 29.2. The number of carbonyl (C=O) groups excluding carboxylic acids is 1. The Hall–Kier alpha value is -2.14. The van der Waals surface area contributed by atoms with Crippen LogP contribution in [0.3, 0.4) is 0 Å². The van der Waals surface area contributed by atoms with Gasteiger partial charge in [0, 0.05) is 18.0 Å². The lowest BCUT2D eigenvalue weighted by atomic mass is 10.1. The summed E-state index contributed by atoms with van der Waals surface area (Å²) >= 11 is 5.59. The summed E-state index contributed by atoms with van der Waals surface area (Å²) < 4.78 is 6.77. The molecule has 2 heterocycles. The molecule has 3 rings (SSSR count). The second kappa shape index (κ2) is 6.54. The molecule has 0 aliphatic carbocycles. The van der Waals surface area contributed by atoms with Crippen LogP contribution in [0.4, 0.5) is 0 Å². The first-order chi connectivity index (χ1) is 11.1. The molecule has 5 nitrogen and oxygen atoms in total. The second-order valence-corrected chi connectivity index (χ2v) is 6.16. The first-order valence-electron chi connectivity index (χ1n) is 7.60. The van der Waals surface area contributed by atoms with E-state index < -0.39 is 5.97 Å². The number of fused-ring (bicyclic) bond motifs is 2. The molecule has 2 aromatic rings. The smallest absolute Gasteiger partial charge is 0.338 e. The third-order valence-corrected chi connectivity index (χ3v) is 4.02. The van der Waals surface area contributed by atoms with Crippen molar-refractivity contribution in [3.8, 4) is 0 Å². The molecular formula is C17H17ClN2O3. The molecule has 0 N–H and O–H groups in total. The summed E-state index contributed by atoms with van der Waals surface area (Å²) in [6, 6.07) is 4.81. The molecule has 0 unspecified atom stereocenters. The van der Waals surface area contributed by atoms with Crippen molar-refractivity contribution in [1.82, 2.24) is 9.55 Å². The zero-order valence-corrected chi connectivity index (χ0v) is 13.4. The van der Waals surface area contributed by atoms with Gasteiger partial charge in [0.25, 0.3) is 5.56 Å². The fourth-order valence-corrected chi connectivity index (χ4v) is 2.83. The number of hydrogen-bond acceptors (Lipinski definition) is 4. The molecule has 0 fully saturated rings. The number of benzene rings is 1. The molecule has 0 saturated heterocycles. The lowest BCUT2D eigenvalue weighted by Gasteiger charge is -2.10. The monoisotopic (exact) mass is 332 g/mol. The Morgan fingerprint density at radius 2 is 2.17 bits per heavy atom. The summed E-state index contributed by atoms with van der Waals surface area (Å²) in [5.74, 6) is 0.283. The van der Waals surface area contributed by atoms with Crippen LogP contribution in [0, 0.1) is 0 Å². The molecule has 1 aliphatic rings. The highest BCUT2D eigenvalue weighted by molar-refractivity contribution is 6.29. The second-order valence-electron chi connectivity index (χ2n) is 5.62. The Morgan fingerprint density at radius 1 is 1.35 bits per heavy atom. The Balaban J connectivity index is 2.01. The van der Waals surface area contributed by atoms with E-state index in [0.717, 1.165) is 31.5 Å². The highest BCUT2D eigenvalue weighted by Gasteiger charge is 2.15. The first-order valence-corrected chi connectivity index (χ1v) is 7.98. The summed E-state index contributed by atoms with van der Waals surface area (Å²) in [5.41, 5.74) is 0.837. The fourth-order valence-electron chi connectivity index (χ4n) is 2.77. The van der Waals surface area contributed by atoms with Crippen LogP contribution >= 0.6 is 11.6 Å². The largest absolute Gasteiger partial charge is 0.456 e. The van der Waals surface area contributed by atoms with E-state index in [4.69, 9.17) is 16.3 Å². The minimum absolute atomic E-state index is 0.0408. The Morgan fingerprint density at radius 3 is 2.96 bits per heavy atom. The molecule has 0 saturated carbocycles. The Labute approximate surface area is 138 Å². The lowest BCUT2D eigenvalue weighted by molar-refractivity contribution is 0.0546. The van der Waals surface area contributed by atoms with Gasteiger partial charge in [0.15, 0.2) is 0 Å². The van der Waals surface area contributed by atoms with E-state index in [9.17, 15) is 9.59 Å². The van der Waals surface area contributed by atoms with Gasteiger partial charge in [0.05, 0.1) is 16.5 Å². The molecule has 1 aliphatic heterocycles. The third kappa shape index (κ3) is 3.29. The number of esters is 1. The lowest BCUT2D eigenvalue weighted by Crippen LogP contribution is -2.24. The van der Waals surface area contributed by atoms with Gasteiger partial charge in [-0.3, -0.25) is 9.36 Å². The summed E-state index contributed by atoms with van der Waals surface area (Å²) in [6.45, 7) is 4.14. The first kappa shape index (κ1) is 15.7. The molecule has 23 heavy (non-hydrogen) atoms. The van der Waals surface area contributed by atoms with Crippen LogP contribution in [0.1, 0.15) is 35.4 Å². The highest BCUT2D eigenvalue weighted by atomic mass is 35.5. The average molecular weight is 333 g/mol. The summed E-state index contributed by atoms with van der Waals surface area (Å²) in [7, 11) is 0. The number of carbonyl (C=O) groups is 1. The number of halogens is 1. The van der Waals surface area contributed by atoms with E-state index in [1.165, 1.54) is 0 Å². The fraction of sp³-hybridized carbons (Fsp3) is 0.353. The van der Waals surface area contributed by atoms with E-state index in [2.05, 4.69) is 11.6 Å². The maximum atomic E-state index is 12.6. The Kier molecular flexibility index (Phi) is 4.48. The van der Waals surface area contributed by atoms with Gasteiger partial charge in [0.2, 0.25) is 0 Å². The normalized spacial score (nSPS) is 14.1. The standard InChI is InChI=1S/C17H17ClN2O3/c1-11(18)10-23-17(22)12-6-7-13-14(9-12)19-15-5-3-2-4-8-20(15)16(13)21/h6-7,9H,1-5,8,10H2. The molecule has 120 valence electrons. The minimum atomic E-state index is -0.509. The predicted molar refractivity (Wildman–Crippen MR) is 88.8 cm³/mol. The van der Waals surface area contributed by atoms with Gasteiger partial charge in [-0.15, -0.1) is 0 Å². The van der Waals surface area contributed by atoms with Crippen LogP contribution in [0.2, 0.25) is 0 Å². The molecule has 6 heteroatoms. The topological polar surface area (TPSA) is 61.2 Å². The van der Waals surface area contributed by atoms with Gasteiger partial charge in [-0.05, 0) is 31.0 Å². The zero-order valence-electron chi connectivity index (χ0n) is 12.7. The van der Waals surface area contributed by atoms with E-state index in [0.29, 0.717) is 23.0 Å². The predicted octanol–water partition coefficient (Wildman–Crippen LogP) is 3.03. The van der Waals surface area contributed by atoms with Crippen molar-refractivity contribution in [2.45, 2.75) is 32.2 Å². The Bertz CT molecular complexity index is 842. The summed E-state index contributed by atoms with van der Waals surface area (Å²) in [5, 5.41) is 0.773. The molecule has 0 atom stereocenters. The molecule has 1 aromatic heterocycles. The molecule has 1 aromatic carbocycles. The van der Waals surface area contributed by atoms with Crippen LogP contribution in [0.5, 0.6) is 0 Å². The van der Waals surface area contributed by atoms with Gasteiger partial charge in [-0.1, -0.05) is 24.6 Å². The summed E-state index contributed by atoms with van der Waals surface area (Å²) in [6.07, 6.45) is 3.90. The molecule has 0 spiro atoms. The van der Waals surface area contributed by atoms with Crippen molar-refractivity contribution in [3.63, 3.8) is 0 Å². The number of rotatable bonds is 3. The maximum absolute atomic E-state index is 12.6. The van der Waals surface area contributed by atoms with E-state index in [1.807, 2.05) is 0 Å². The van der Waals surface area contributed by atoms with Crippen molar-refractivity contribution in [1.29, 1.82) is 0 Å². The number of nitrogens with zero attached hydrogens (tertiary/aromatic N) is 2. The number of ether oxygens (including phenoxy) is 1. The average Bonchev–Trinajstić information content (AvgIpc) is 2.77. The van der Waals surface area contributed by atoms with Crippen LogP contribution in [0.15, 0.2) is 34.6 Å². The van der Waals surface area contributed by atoms with Crippen LogP contribution in [0.25, 0.3) is 10.9 Å². The third-order valence-electron chi connectivity index (χ3n) is 3.91. The number of aromatic nitrogens is 2. The van der Waals surface area contributed by atoms with Crippen molar-refractivity contribution in [2.24, 2.45) is 0 Å². The van der Waals surface area contributed by atoms with Crippen molar-refractivity contribution in [2.75, 3.05) is 6.61 Å². The van der Waals surface area contributed by atoms with Crippen molar-refractivity contribution < 1.29 is 9.53 Å². The SMILES string of the molecule is C=C(Cl)COC(=O)c1ccc2c(=O)n3c(nc2c1)CCCCC3. The molecule has 0 radical (unpaired) electrons. The van der Waals surface area contributed by atoms with Gasteiger partial charge >= 0.3 is 5.97 Å². The number of hydrogen-bond donors (Lipinski definition) is 0. The van der Waals surface area contributed by atoms with Crippen LogP contribution < -0.4 is 5.56 Å². The van der Waals surface area contributed by atoms with Crippen LogP contribution in [-0.2, 0) is 17.7 Å².